The number of hydrogen-bond donors (Lipinski definition) is 2. The van der Waals surface area contributed by atoms with Crippen LogP contribution in [0.15, 0.2) is 71.8 Å². The first kappa shape index (κ1) is 24.1. The van der Waals surface area contributed by atoms with Crippen molar-refractivity contribution in [2.45, 2.75) is 6.61 Å². The van der Waals surface area contributed by atoms with Crippen LogP contribution in [-0.4, -0.2) is 31.7 Å². The van der Waals surface area contributed by atoms with Gasteiger partial charge in [0.1, 0.15) is 18.1 Å². The van der Waals surface area contributed by atoms with E-state index in [-0.39, 0.29) is 13.2 Å². The zero-order valence-corrected chi connectivity index (χ0v) is 19.2. The number of methoxy groups -OCH3 is 1. The fourth-order valence-corrected chi connectivity index (χ4v) is 3.13. The predicted molar refractivity (Wildman–Crippen MR) is 128 cm³/mol. The maximum Gasteiger partial charge on any atom is 0.259 e. The highest BCUT2D eigenvalue weighted by molar-refractivity contribution is 6.42. The number of amides is 2. The maximum absolute atomic E-state index is 12.3. The molecule has 0 aliphatic heterocycles. The Bertz CT molecular complexity index is 1170. The molecule has 0 saturated heterocycles. The molecular weight excluding hydrogens is 465 g/mol. The van der Waals surface area contributed by atoms with Gasteiger partial charge in [0.25, 0.3) is 11.8 Å². The highest BCUT2D eigenvalue weighted by Gasteiger charge is 2.12. The molecule has 0 unspecified atom stereocenters. The number of nitrogens with zero attached hydrogens (tertiary/aromatic N) is 1. The zero-order chi connectivity index (χ0) is 23.6. The van der Waals surface area contributed by atoms with Gasteiger partial charge in [0.05, 0.1) is 35.5 Å². The van der Waals surface area contributed by atoms with E-state index in [2.05, 4.69) is 15.8 Å². The molecule has 0 heterocycles. The summed E-state index contributed by atoms with van der Waals surface area (Å²) < 4.78 is 11.0. The van der Waals surface area contributed by atoms with Crippen LogP contribution in [0.2, 0.25) is 10.0 Å². The Morgan fingerprint density at radius 3 is 2.45 bits per heavy atom. The van der Waals surface area contributed by atoms with Crippen molar-refractivity contribution < 1.29 is 19.1 Å². The molecule has 0 aliphatic rings. The molecule has 2 N–H and O–H groups in total. The molecule has 0 spiro atoms. The highest BCUT2D eigenvalue weighted by atomic mass is 35.5. The van der Waals surface area contributed by atoms with Crippen molar-refractivity contribution in [3.63, 3.8) is 0 Å². The fraction of sp³-hybridized carbons (Fsp3) is 0.125. The van der Waals surface area contributed by atoms with Gasteiger partial charge < -0.3 is 14.8 Å². The number of halogens is 2. The van der Waals surface area contributed by atoms with Crippen molar-refractivity contribution in [3.05, 3.63) is 93.5 Å². The summed E-state index contributed by atoms with van der Waals surface area (Å²) >= 11 is 12.0. The molecule has 0 fully saturated rings. The van der Waals surface area contributed by atoms with Crippen molar-refractivity contribution >= 4 is 41.2 Å². The average Bonchev–Trinajstić information content (AvgIpc) is 2.84. The Kier molecular flexibility index (Phi) is 8.69. The molecule has 9 heteroatoms. The lowest BCUT2D eigenvalue weighted by Gasteiger charge is -2.10. The minimum absolute atomic E-state index is 0.246. The topological polar surface area (TPSA) is 89.0 Å². The SMILES string of the molecule is COc1ccccc1C(=O)NCC(=O)NN=Cc1ccccc1OCc1ccc(Cl)c(Cl)c1. The molecule has 0 radical (unpaired) electrons. The molecule has 0 atom stereocenters. The van der Waals surface area contributed by atoms with E-state index in [1.807, 2.05) is 18.2 Å². The molecule has 0 aliphatic carbocycles. The van der Waals surface area contributed by atoms with E-state index in [1.165, 1.54) is 13.3 Å². The van der Waals surface area contributed by atoms with Crippen LogP contribution in [0.4, 0.5) is 0 Å². The van der Waals surface area contributed by atoms with E-state index >= 15 is 0 Å². The smallest absolute Gasteiger partial charge is 0.259 e. The molecule has 7 nitrogen and oxygen atoms in total. The van der Waals surface area contributed by atoms with Gasteiger partial charge in [0.2, 0.25) is 0 Å². The first-order valence-corrected chi connectivity index (χ1v) is 10.6. The standard InChI is InChI=1S/C24H21Cl2N3O4/c1-32-22-9-5-3-7-18(22)24(31)27-14-23(30)29-28-13-17-6-2-4-8-21(17)33-15-16-10-11-19(25)20(26)12-16/h2-13H,14-15H2,1H3,(H,27,31)(H,29,30). The summed E-state index contributed by atoms with van der Waals surface area (Å²) in [6.07, 6.45) is 1.46. The number of ether oxygens (including phenoxy) is 2. The van der Waals surface area contributed by atoms with E-state index in [9.17, 15) is 9.59 Å². The van der Waals surface area contributed by atoms with E-state index < -0.39 is 11.8 Å². The van der Waals surface area contributed by atoms with Crippen LogP contribution in [0.25, 0.3) is 0 Å². The molecule has 33 heavy (non-hydrogen) atoms. The van der Waals surface area contributed by atoms with Crippen LogP contribution >= 0.6 is 23.2 Å². The minimum atomic E-state index is -0.483. The first-order valence-electron chi connectivity index (χ1n) is 9.87. The summed E-state index contributed by atoms with van der Waals surface area (Å²) in [4.78, 5) is 24.3. The first-order chi connectivity index (χ1) is 16.0. The predicted octanol–water partition coefficient (Wildman–Crippen LogP) is 4.46. The number of para-hydroxylation sites is 2. The monoisotopic (exact) mass is 485 g/mol. The van der Waals surface area contributed by atoms with E-state index in [4.69, 9.17) is 32.7 Å². The maximum atomic E-state index is 12.3. The van der Waals surface area contributed by atoms with Gasteiger partial charge in [0.15, 0.2) is 0 Å². The lowest BCUT2D eigenvalue weighted by Crippen LogP contribution is -2.35. The van der Waals surface area contributed by atoms with Gasteiger partial charge >= 0.3 is 0 Å². The number of nitrogens with one attached hydrogen (secondary N) is 2. The average molecular weight is 486 g/mol. The summed E-state index contributed by atoms with van der Waals surface area (Å²) in [7, 11) is 1.47. The lowest BCUT2D eigenvalue weighted by atomic mass is 10.2. The third-order valence-corrected chi connectivity index (χ3v) is 5.19. The second-order valence-electron chi connectivity index (χ2n) is 6.75. The molecule has 0 aromatic heterocycles. The quantitative estimate of drug-likeness (QED) is 0.345. The van der Waals surface area contributed by atoms with Gasteiger partial charge in [-0.05, 0) is 42.0 Å². The van der Waals surface area contributed by atoms with Gasteiger partial charge in [-0.2, -0.15) is 5.10 Å². The molecular formula is C24H21Cl2N3O4. The molecule has 170 valence electrons. The number of rotatable bonds is 9. The summed E-state index contributed by atoms with van der Waals surface area (Å²) in [5, 5.41) is 7.41. The summed E-state index contributed by atoms with van der Waals surface area (Å²) in [6, 6.07) is 19.2. The van der Waals surface area contributed by atoms with Gasteiger partial charge in [-0.3, -0.25) is 9.59 Å². The van der Waals surface area contributed by atoms with Crippen LogP contribution in [0, 0.1) is 0 Å². The highest BCUT2D eigenvalue weighted by Crippen LogP contribution is 2.24. The Labute approximate surface area is 201 Å². The van der Waals surface area contributed by atoms with Crippen molar-refractivity contribution in [1.29, 1.82) is 0 Å². The van der Waals surface area contributed by atoms with E-state index in [0.717, 1.165) is 5.56 Å². The normalized spacial score (nSPS) is 10.6. The third kappa shape index (κ3) is 6.97. The molecule has 0 saturated carbocycles. The Morgan fingerprint density at radius 1 is 0.970 bits per heavy atom. The number of hydrazone groups is 1. The van der Waals surface area contributed by atoms with E-state index in [1.54, 1.807) is 48.5 Å². The Morgan fingerprint density at radius 2 is 1.70 bits per heavy atom. The summed E-state index contributed by atoms with van der Waals surface area (Å²) in [5.41, 5.74) is 4.24. The number of carbonyl (C=O) groups excluding carboxylic acids is 2. The summed E-state index contributed by atoms with van der Waals surface area (Å²) in [6.45, 7) is 0.0345. The molecule has 3 rings (SSSR count). The minimum Gasteiger partial charge on any atom is -0.496 e. The number of hydrogen-bond acceptors (Lipinski definition) is 5. The summed E-state index contributed by atoms with van der Waals surface area (Å²) in [5.74, 6) is 0.0910. The van der Waals surface area contributed by atoms with Gasteiger partial charge in [-0.15, -0.1) is 0 Å². The fourth-order valence-electron chi connectivity index (χ4n) is 2.81. The van der Waals surface area contributed by atoms with Crippen molar-refractivity contribution in [3.8, 4) is 11.5 Å². The molecule has 0 bridgehead atoms. The van der Waals surface area contributed by atoms with Crippen LogP contribution in [0.1, 0.15) is 21.5 Å². The lowest BCUT2D eigenvalue weighted by molar-refractivity contribution is -0.120. The zero-order valence-electron chi connectivity index (χ0n) is 17.7. The van der Waals surface area contributed by atoms with Crippen LogP contribution < -0.4 is 20.2 Å². The van der Waals surface area contributed by atoms with Gasteiger partial charge in [-0.1, -0.05) is 53.5 Å². The van der Waals surface area contributed by atoms with Crippen molar-refractivity contribution in [2.24, 2.45) is 5.10 Å². The second kappa shape index (κ2) is 11.9. The van der Waals surface area contributed by atoms with Gasteiger partial charge in [-0.25, -0.2) is 5.43 Å². The molecule has 3 aromatic rings. The molecule has 3 aromatic carbocycles. The number of benzene rings is 3. The van der Waals surface area contributed by atoms with Gasteiger partial charge in [0, 0.05) is 5.56 Å². The van der Waals surface area contributed by atoms with Crippen molar-refractivity contribution in [2.75, 3.05) is 13.7 Å². The largest absolute Gasteiger partial charge is 0.496 e. The second-order valence-corrected chi connectivity index (χ2v) is 7.57. The van der Waals surface area contributed by atoms with E-state index in [0.29, 0.717) is 32.7 Å². The van der Waals surface area contributed by atoms with Crippen LogP contribution in [-0.2, 0) is 11.4 Å². The number of carbonyl (C=O) groups is 2. The van der Waals surface area contributed by atoms with Crippen LogP contribution in [0.3, 0.4) is 0 Å². The molecule has 2 amide bonds. The third-order valence-electron chi connectivity index (χ3n) is 4.45. The van der Waals surface area contributed by atoms with Crippen molar-refractivity contribution in [1.82, 2.24) is 10.7 Å². The Balaban J connectivity index is 1.53. The Hall–Kier alpha value is -3.55. The van der Waals surface area contributed by atoms with Crippen LogP contribution in [0.5, 0.6) is 11.5 Å².